The molecule has 5 nitrogen and oxygen atoms in total. The maximum absolute atomic E-state index is 13.3. The second-order valence-corrected chi connectivity index (χ2v) is 7.99. The molecule has 0 aliphatic rings. The standard InChI is InChI=1S/C23H21N3O2S/c1-14-9-10-15(2)19(11-14)25-21(27)16(3)26-13-24-22-20(23(26)28)18(12-29-22)17-7-5-4-6-8-17/h4-13,16H,1-3H3,(H,25,27)/t16-/m0/s1. The van der Waals surface area contributed by atoms with Crippen LogP contribution >= 0.6 is 11.3 Å². The van der Waals surface area contributed by atoms with E-state index in [1.54, 1.807) is 6.92 Å². The Kier molecular flexibility index (Phi) is 5.03. The second kappa shape index (κ2) is 7.64. The highest BCUT2D eigenvalue weighted by Crippen LogP contribution is 2.30. The lowest BCUT2D eigenvalue weighted by Crippen LogP contribution is -2.31. The molecule has 6 heteroatoms. The first-order chi connectivity index (χ1) is 14.0. The van der Waals surface area contributed by atoms with Gasteiger partial charge in [0.25, 0.3) is 5.56 Å². The van der Waals surface area contributed by atoms with Crippen LogP contribution in [0.25, 0.3) is 21.3 Å². The van der Waals surface area contributed by atoms with Crippen LogP contribution < -0.4 is 10.9 Å². The number of anilines is 1. The number of carbonyl (C=O) groups is 1. The number of nitrogens with one attached hydrogen (secondary N) is 1. The van der Waals surface area contributed by atoms with Gasteiger partial charge in [-0.15, -0.1) is 11.3 Å². The van der Waals surface area contributed by atoms with E-state index in [1.807, 2.05) is 67.8 Å². The molecule has 146 valence electrons. The van der Waals surface area contributed by atoms with Crippen LogP contribution in [-0.2, 0) is 4.79 Å². The molecule has 0 spiro atoms. The Labute approximate surface area is 172 Å². The average molecular weight is 404 g/mol. The van der Waals surface area contributed by atoms with Crippen LogP contribution in [-0.4, -0.2) is 15.5 Å². The van der Waals surface area contributed by atoms with Crippen molar-refractivity contribution in [2.24, 2.45) is 0 Å². The Morgan fingerprint density at radius 2 is 1.90 bits per heavy atom. The minimum absolute atomic E-state index is 0.210. The lowest BCUT2D eigenvalue weighted by molar-refractivity contribution is -0.118. The van der Waals surface area contributed by atoms with E-state index in [0.717, 1.165) is 27.9 Å². The van der Waals surface area contributed by atoms with Crippen molar-refractivity contribution >= 4 is 33.1 Å². The Bertz CT molecular complexity index is 1260. The fourth-order valence-electron chi connectivity index (χ4n) is 3.29. The molecule has 4 rings (SSSR count). The summed E-state index contributed by atoms with van der Waals surface area (Å²) in [4.78, 5) is 31.2. The summed E-state index contributed by atoms with van der Waals surface area (Å²) in [6.07, 6.45) is 1.46. The van der Waals surface area contributed by atoms with E-state index in [4.69, 9.17) is 0 Å². The zero-order chi connectivity index (χ0) is 20.5. The molecular formula is C23H21N3O2S. The lowest BCUT2D eigenvalue weighted by atomic mass is 10.1. The fourth-order valence-corrected chi connectivity index (χ4v) is 4.19. The Hall–Kier alpha value is -3.25. The molecule has 29 heavy (non-hydrogen) atoms. The molecule has 0 aliphatic carbocycles. The second-order valence-electron chi connectivity index (χ2n) is 7.14. The molecular weight excluding hydrogens is 382 g/mol. The van der Waals surface area contributed by atoms with Crippen molar-refractivity contribution in [1.29, 1.82) is 0 Å². The van der Waals surface area contributed by atoms with Crippen LogP contribution in [0, 0.1) is 13.8 Å². The molecule has 0 saturated carbocycles. The number of aryl methyl sites for hydroxylation is 2. The highest BCUT2D eigenvalue weighted by molar-refractivity contribution is 7.17. The summed E-state index contributed by atoms with van der Waals surface area (Å²) in [5.41, 5.74) is 4.39. The first kappa shape index (κ1) is 19.1. The lowest BCUT2D eigenvalue weighted by Gasteiger charge is -2.16. The van der Waals surface area contributed by atoms with E-state index in [0.29, 0.717) is 10.2 Å². The maximum Gasteiger partial charge on any atom is 0.263 e. The van der Waals surface area contributed by atoms with Crippen LogP contribution in [0.3, 0.4) is 0 Å². The van der Waals surface area contributed by atoms with Crippen molar-refractivity contribution in [3.05, 3.63) is 81.7 Å². The van der Waals surface area contributed by atoms with Crippen LogP contribution in [0.2, 0.25) is 0 Å². The highest BCUT2D eigenvalue weighted by atomic mass is 32.1. The van der Waals surface area contributed by atoms with Gasteiger partial charge in [-0.25, -0.2) is 4.98 Å². The SMILES string of the molecule is Cc1ccc(C)c(NC(=O)[C@H](C)n2cnc3scc(-c4ccccc4)c3c2=O)c1. The third-order valence-corrected chi connectivity index (χ3v) is 5.94. The number of aromatic nitrogens is 2. The first-order valence-electron chi connectivity index (χ1n) is 9.37. The first-order valence-corrected chi connectivity index (χ1v) is 10.3. The highest BCUT2D eigenvalue weighted by Gasteiger charge is 2.20. The quantitative estimate of drug-likeness (QED) is 0.525. The Balaban J connectivity index is 1.72. The Morgan fingerprint density at radius 3 is 2.66 bits per heavy atom. The van der Waals surface area contributed by atoms with Gasteiger partial charge in [-0.1, -0.05) is 42.5 Å². The van der Waals surface area contributed by atoms with Gasteiger partial charge in [0.1, 0.15) is 10.9 Å². The van der Waals surface area contributed by atoms with Crippen LogP contribution in [0.5, 0.6) is 0 Å². The number of hydrogen-bond donors (Lipinski definition) is 1. The number of benzene rings is 2. The predicted molar refractivity (Wildman–Crippen MR) is 119 cm³/mol. The van der Waals surface area contributed by atoms with Gasteiger partial charge in [0.15, 0.2) is 0 Å². The molecule has 2 aromatic carbocycles. The third kappa shape index (κ3) is 3.59. The fraction of sp³-hybridized carbons (Fsp3) is 0.174. The van der Waals surface area contributed by atoms with E-state index < -0.39 is 6.04 Å². The van der Waals surface area contributed by atoms with E-state index in [-0.39, 0.29) is 11.5 Å². The van der Waals surface area contributed by atoms with Gasteiger partial charge in [0.05, 0.1) is 11.7 Å². The zero-order valence-electron chi connectivity index (χ0n) is 16.5. The van der Waals surface area contributed by atoms with Gasteiger partial charge in [-0.05, 0) is 43.5 Å². The van der Waals surface area contributed by atoms with Gasteiger partial charge in [0, 0.05) is 16.6 Å². The van der Waals surface area contributed by atoms with Crippen molar-refractivity contribution in [1.82, 2.24) is 9.55 Å². The van der Waals surface area contributed by atoms with Crippen molar-refractivity contribution in [2.75, 3.05) is 5.32 Å². The van der Waals surface area contributed by atoms with Gasteiger partial charge in [0.2, 0.25) is 5.91 Å². The van der Waals surface area contributed by atoms with Gasteiger partial charge < -0.3 is 5.32 Å². The molecule has 4 aromatic rings. The zero-order valence-corrected chi connectivity index (χ0v) is 17.3. The summed E-state index contributed by atoms with van der Waals surface area (Å²) in [5, 5.41) is 5.44. The van der Waals surface area contributed by atoms with E-state index in [1.165, 1.54) is 22.2 Å². The molecule has 0 saturated heterocycles. The minimum Gasteiger partial charge on any atom is -0.324 e. The molecule has 1 amide bonds. The maximum atomic E-state index is 13.3. The summed E-state index contributed by atoms with van der Waals surface area (Å²) < 4.78 is 1.40. The van der Waals surface area contributed by atoms with Crippen LogP contribution in [0.4, 0.5) is 5.69 Å². The van der Waals surface area contributed by atoms with Crippen molar-refractivity contribution < 1.29 is 4.79 Å². The van der Waals surface area contributed by atoms with Crippen molar-refractivity contribution in [3.63, 3.8) is 0 Å². The number of fused-ring (bicyclic) bond motifs is 1. The summed E-state index contributed by atoms with van der Waals surface area (Å²) >= 11 is 1.43. The molecule has 0 aliphatic heterocycles. The molecule has 1 atom stereocenters. The molecule has 1 N–H and O–H groups in total. The Morgan fingerprint density at radius 1 is 1.14 bits per heavy atom. The molecule has 0 bridgehead atoms. The smallest absolute Gasteiger partial charge is 0.263 e. The summed E-state index contributed by atoms with van der Waals surface area (Å²) in [6.45, 7) is 5.63. The molecule has 0 unspecified atom stereocenters. The number of amides is 1. The van der Waals surface area contributed by atoms with Crippen LogP contribution in [0.15, 0.2) is 65.0 Å². The average Bonchev–Trinajstić information content (AvgIpc) is 3.16. The minimum atomic E-state index is -0.692. The van der Waals surface area contributed by atoms with Gasteiger partial charge in [-0.2, -0.15) is 0 Å². The van der Waals surface area contributed by atoms with Crippen LogP contribution in [0.1, 0.15) is 24.1 Å². The van der Waals surface area contributed by atoms with Crippen molar-refractivity contribution in [3.8, 4) is 11.1 Å². The largest absolute Gasteiger partial charge is 0.324 e. The molecule has 0 fully saturated rings. The number of thiophene rings is 1. The number of nitrogens with zero attached hydrogens (tertiary/aromatic N) is 2. The number of carbonyl (C=O) groups excluding carboxylic acids is 1. The molecule has 2 aromatic heterocycles. The summed E-state index contributed by atoms with van der Waals surface area (Å²) in [5.74, 6) is -0.251. The monoisotopic (exact) mass is 403 g/mol. The van der Waals surface area contributed by atoms with Gasteiger partial charge >= 0.3 is 0 Å². The van der Waals surface area contributed by atoms with E-state index in [2.05, 4.69) is 10.3 Å². The van der Waals surface area contributed by atoms with E-state index >= 15 is 0 Å². The van der Waals surface area contributed by atoms with Crippen molar-refractivity contribution in [2.45, 2.75) is 26.8 Å². The number of hydrogen-bond acceptors (Lipinski definition) is 4. The van der Waals surface area contributed by atoms with Gasteiger partial charge in [-0.3, -0.25) is 14.2 Å². The predicted octanol–water partition coefficient (Wildman–Crippen LogP) is 4.94. The summed E-state index contributed by atoms with van der Waals surface area (Å²) in [7, 11) is 0. The van der Waals surface area contributed by atoms with E-state index in [9.17, 15) is 9.59 Å². The number of rotatable bonds is 4. The molecule has 0 radical (unpaired) electrons. The molecule has 2 heterocycles. The summed E-state index contributed by atoms with van der Waals surface area (Å²) in [6, 6.07) is 14.9. The normalized spacial score (nSPS) is 12.1. The third-order valence-electron chi connectivity index (χ3n) is 5.05. The topological polar surface area (TPSA) is 64.0 Å².